The Kier molecular flexibility index (Phi) is 6.66. The minimum atomic E-state index is -4.80. The Morgan fingerprint density at radius 1 is 1.12 bits per heavy atom. The molecule has 1 aliphatic carbocycles. The van der Waals surface area contributed by atoms with Gasteiger partial charge in [0.1, 0.15) is 5.75 Å². The second-order valence-corrected chi connectivity index (χ2v) is 6.11. The number of rotatable bonds is 6. The standard InChI is InChI=1S/C17H21F3N2O3/c18-17(19,20)25-14-8-4-7-13(10-14)22-16(24)11-21-15(23)9-12-5-2-1-3-6-12/h4,7-8,10,12H,1-3,5-6,9,11H2,(H,21,23)(H,22,24). The molecule has 2 rings (SSSR count). The van der Waals surface area contributed by atoms with E-state index in [2.05, 4.69) is 15.4 Å². The number of alkyl halides is 3. The summed E-state index contributed by atoms with van der Waals surface area (Å²) in [5.41, 5.74) is 0.160. The monoisotopic (exact) mass is 358 g/mol. The third-order valence-electron chi connectivity index (χ3n) is 4.00. The van der Waals surface area contributed by atoms with E-state index < -0.39 is 18.0 Å². The summed E-state index contributed by atoms with van der Waals surface area (Å²) < 4.78 is 40.3. The molecule has 2 amide bonds. The molecule has 1 aromatic rings. The Labute approximate surface area is 143 Å². The number of halogens is 3. The third-order valence-corrected chi connectivity index (χ3v) is 4.00. The highest BCUT2D eigenvalue weighted by Gasteiger charge is 2.31. The van der Waals surface area contributed by atoms with Crippen LogP contribution in [-0.4, -0.2) is 24.7 Å². The maximum Gasteiger partial charge on any atom is 0.573 e. The average Bonchev–Trinajstić information content (AvgIpc) is 2.53. The SMILES string of the molecule is O=C(CC1CCCCC1)NCC(=O)Nc1cccc(OC(F)(F)F)c1. The fraction of sp³-hybridized carbons (Fsp3) is 0.529. The van der Waals surface area contributed by atoms with Crippen LogP contribution >= 0.6 is 0 Å². The summed E-state index contributed by atoms with van der Waals surface area (Å²) in [7, 11) is 0. The predicted molar refractivity (Wildman–Crippen MR) is 86.0 cm³/mol. The van der Waals surface area contributed by atoms with Gasteiger partial charge in [0.15, 0.2) is 0 Å². The lowest BCUT2D eigenvalue weighted by molar-refractivity contribution is -0.274. The molecule has 0 aromatic heterocycles. The largest absolute Gasteiger partial charge is 0.573 e. The van der Waals surface area contributed by atoms with Gasteiger partial charge in [0.25, 0.3) is 0 Å². The molecule has 0 aliphatic heterocycles. The first kappa shape index (κ1) is 19.1. The van der Waals surface area contributed by atoms with Gasteiger partial charge in [-0.05, 0) is 30.9 Å². The molecule has 0 unspecified atom stereocenters. The minimum absolute atomic E-state index is 0.160. The smallest absolute Gasteiger partial charge is 0.406 e. The fourth-order valence-corrected chi connectivity index (χ4v) is 2.88. The van der Waals surface area contributed by atoms with Crippen LogP contribution in [0.15, 0.2) is 24.3 Å². The minimum Gasteiger partial charge on any atom is -0.406 e. The average molecular weight is 358 g/mol. The van der Waals surface area contributed by atoms with E-state index in [4.69, 9.17) is 0 Å². The number of anilines is 1. The number of nitrogens with one attached hydrogen (secondary N) is 2. The van der Waals surface area contributed by atoms with Crippen LogP contribution in [0.1, 0.15) is 38.5 Å². The molecule has 0 heterocycles. The molecule has 1 saturated carbocycles. The van der Waals surface area contributed by atoms with Gasteiger partial charge < -0.3 is 15.4 Å². The number of carbonyl (C=O) groups is 2. The molecular formula is C17H21F3N2O3. The molecule has 0 bridgehead atoms. The van der Waals surface area contributed by atoms with E-state index in [0.717, 1.165) is 37.8 Å². The van der Waals surface area contributed by atoms with Crippen molar-refractivity contribution in [2.75, 3.05) is 11.9 Å². The van der Waals surface area contributed by atoms with Gasteiger partial charge in [-0.3, -0.25) is 9.59 Å². The summed E-state index contributed by atoms with van der Waals surface area (Å²) in [6.07, 6.45) is 1.15. The van der Waals surface area contributed by atoms with Gasteiger partial charge in [0, 0.05) is 18.2 Å². The summed E-state index contributed by atoms with van der Waals surface area (Å²) in [4.78, 5) is 23.7. The van der Waals surface area contributed by atoms with Crippen LogP contribution in [0.25, 0.3) is 0 Å². The second-order valence-electron chi connectivity index (χ2n) is 6.11. The van der Waals surface area contributed by atoms with Crippen LogP contribution in [-0.2, 0) is 9.59 Å². The van der Waals surface area contributed by atoms with Gasteiger partial charge in [-0.2, -0.15) is 0 Å². The van der Waals surface area contributed by atoms with Crippen molar-refractivity contribution < 1.29 is 27.5 Å². The lowest BCUT2D eigenvalue weighted by Gasteiger charge is -2.20. The van der Waals surface area contributed by atoms with Crippen LogP contribution in [0.3, 0.4) is 0 Å². The molecule has 1 fully saturated rings. The van der Waals surface area contributed by atoms with E-state index in [1.165, 1.54) is 18.6 Å². The lowest BCUT2D eigenvalue weighted by Crippen LogP contribution is -2.34. The maximum atomic E-state index is 12.2. The zero-order chi connectivity index (χ0) is 18.3. The van der Waals surface area contributed by atoms with E-state index in [9.17, 15) is 22.8 Å². The Morgan fingerprint density at radius 3 is 2.52 bits per heavy atom. The number of carbonyl (C=O) groups excluding carboxylic acids is 2. The first-order valence-corrected chi connectivity index (χ1v) is 8.24. The molecule has 8 heteroatoms. The number of hydrogen-bond acceptors (Lipinski definition) is 3. The van der Waals surface area contributed by atoms with Crippen molar-refractivity contribution in [2.45, 2.75) is 44.9 Å². The zero-order valence-electron chi connectivity index (χ0n) is 13.7. The zero-order valence-corrected chi connectivity index (χ0v) is 13.7. The van der Waals surface area contributed by atoms with Crippen LogP contribution in [0, 0.1) is 5.92 Å². The molecule has 0 radical (unpaired) electrons. The molecule has 0 spiro atoms. The van der Waals surface area contributed by atoms with Crippen molar-refractivity contribution in [3.63, 3.8) is 0 Å². The molecule has 138 valence electrons. The van der Waals surface area contributed by atoms with Crippen molar-refractivity contribution >= 4 is 17.5 Å². The number of hydrogen-bond donors (Lipinski definition) is 2. The number of ether oxygens (including phenoxy) is 1. The maximum absolute atomic E-state index is 12.2. The van der Waals surface area contributed by atoms with Crippen molar-refractivity contribution in [3.05, 3.63) is 24.3 Å². The van der Waals surface area contributed by atoms with Gasteiger partial charge in [-0.25, -0.2) is 0 Å². The second kappa shape index (κ2) is 8.73. The third kappa shape index (κ3) is 7.45. The highest BCUT2D eigenvalue weighted by molar-refractivity contribution is 5.94. The summed E-state index contributed by atoms with van der Waals surface area (Å²) >= 11 is 0. The quantitative estimate of drug-likeness (QED) is 0.816. The van der Waals surface area contributed by atoms with E-state index >= 15 is 0 Å². The Morgan fingerprint density at radius 2 is 1.84 bits per heavy atom. The predicted octanol–water partition coefficient (Wildman–Crippen LogP) is 3.61. The number of benzene rings is 1. The molecule has 1 aromatic carbocycles. The number of amides is 2. The molecular weight excluding hydrogens is 337 g/mol. The van der Waals surface area contributed by atoms with Crippen LogP contribution in [0.2, 0.25) is 0 Å². The summed E-state index contributed by atoms with van der Waals surface area (Å²) in [6, 6.07) is 4.97. The van der Waals surface area contributed by atoms with E-state index in [0.29, 0.717) is 12.3 Å². The van der Waals surface area contributed by atoms with Gasteiger partial charge in [0.2, 0.25) is 11.8 Å². The summed E-state index contributed by atoms with van der Waals surface area (Å²) in [5, 5.41) is 4.97. The van der Waals surface area contributed by atoms with E-state index in [-0.39, 0.29) is 18.1 Å². The first-order valence-electron chi connectivity index (χ1n) is 8.24. The van der Waals surface area contributed by atoms with Gasteiger partial charge >= 0.3 is 6.36 Å². The van der Waals surface area contributed by atoms with Gasteiger partial charge in [0.05, 0.1) is 6.54 Å². The molecule has 25 heavy (non-hydrogen) atoms. The molecule has 0 saturated heterocycles. The molecule has 2 N–H and O–H groups in total. The highest BCUT2D eigenvalue weighted by Crippen LogP contribution is 2.26. The van der Waals surface area contributed by atoms with Crippen molar-refractivity contribution in [3.8, 4) is 5.75 Å². The van der Waals surface area contributed by atoms with Gasteiger partial charge in [-0.15, -0.1) is 13.2 Å². The highest BCUT2D eigenvalue weighted by atomic mass is 19.4. The van der Waals surface area contributed by atoms with Crippen LogP contribution in [0.5, 0.6) is 5.75 Å². The normalized spacial score (nSPS) is 15.5. The lowest BCUT2D eigenvalue weighted by atomic mass is 9.87. The van der Waals surface area contributed by atoms with Crippen molar-refractivity contribution in [1.82, 2.24) is 5.32 Å². The van der Waals surface area contributed by atoms with E-state index in [1.54, 1.807) is 0 Å². The first-order chi connectivity index (χ1) is 11.8. The van der Waals surface area contributed by atoms with Crippen molar-refractivity contribution in [2.24, 2.45) is 5.92 Å². The summed E-state index contributed by atoms with van der Waals surface area (Å²) in [6.45, 7) is -0.226. The fourth-order valence-electron chi connectivity index (χ4n) is 2.88. The Balaban J connectivity index is 1.76. The van der Waals surface area contributed by atoms with E-state index in [1.807, 2.05) is 0 Å². The van der Waals surface area contributed by atoms with Crippen LogP contribution in [0.4, 0.5) is 18.9 Å². The van der Waals surface area contributed by atoms with Gasteiger partial charge in [-0.1, -0.05) is 25.3 Å². The molecule has 5 nitrogen and oxygen atoms in total. The van der Waals surface area contributed by atoms with Crippen molar-refractivity contribution in [1.29, 1.82) is 0 Å². The van der Waals surface area contributed by atoms with Crippen LogP contribution < -0.4 is 15.4 Å². The topological polar surface area (TPSA) is 67.4 Å². The Hall–Kier alpha value is -2.25. The summed E-state index contributed by atoms with van der Waals surface area (Å²) in [5.74, 6) is -0.753. The Bertz CT molecular complexity index is 599. The molecule has 1 aliphatic rings. The molecule has 0 atom stereocenters.